The van der Waals surface area contributed by atoms with E-state index in [-0.39, 0.29) is 64.4 Å². The lowest BCUT2D eigenvalue weighted by atomic mass is 9.73. The Balaban J connectivity index is 1.46. The van der Waals surface area contributed by atoms with Crippen molar-refractivity contribution in [3.63, 3.8) is 0 Å². The van der Waals surface area contributed by atoms with Crippen LogP contribution in [-0.4, -0.2) is 81.5 Å². The lowest BCUT2D eigenvalue weighted by Gasteiger charge is -2.47. The summed E-state index contributed by atoms with van der Waals surface area (Å²) >= 11 is 1.48. The van der Waals surface area contributed by atoms with E-state index >= 15 is 0 Å². The van der Waals surface area contributed by atoms with Crippen LogP contribution in [0.3, 0.4) is 0 Å². The van der Waals surface area contributed by atoms with Gasteiger partial charge in [0, 0.05) is 48.2 Å². The van der Waals surface area contributed by atoms with E-state index in [2.05, 4.69) is 5.32 Å². The molecule has 4 aliphatic rings. The molecule has 1 unspecified atom stereocenters. The smallest absolute Gasteiger partial charge is 0.353 e. The molecule has 0 spiro atoms. The average molecular weight is 451 g/mol. The van der Waals surface area contributed by atoms with Crippen LogP contribution in [0, 0.1) is 17.8 Å². The lowest BCUT2D eigenvalue weighted by Crippen LogP contribution is -2.62. The van der Waals surface area contributed by atoms with E-state index < -0.39 is 5.97 Å². The summed E-state index contributed by atoms with van der Waals surface area (Å²) in [6.45, 7) is 7.13. The van der Waals surface area contributed by atoms with Crippen molar-refractivity contribution in [2.24, 2.45) is 23.5 Å². The number of ketones is 1. The first-order valence-corrected chi connectivity index (χ1v) is 11.7. The largest absolute Gasteiger partial charge is 0.477 e. The average Bonchev–Trinajstić information content (AvgIpc) is 3.21. The minimum Gasteiger partial charge on any atom is -0.477 e. The summed E-state index contributed by atoms with van der Waals surface area (Å²) in [5, 5.41) is 13.2. The summed E-state index contributed by atoms with van der Waals surface area (Å²) in [7, 11) is 0. The summed E-state index contributed by atoms with van der Waals surface area (Å²) in [5.74, 6) is -1.79. The van der Waals surface area contributed by atoms with Crippen molar-refractivity contribution in [1.29, 1.82) is 0 Å². The molecule has 4 heterocycles. The van der Waals surface area contributed by atoms with Crippen LogP contribution >= 0.6 is 11.8 Å². The van der Waals surface area contributed by atoms with Gasteiger partial charge in [-0.25, -0.2) is 4.79 Å². The predicted octanol–water partition coefficient (Wildman–Crippen LogP) is 0.00770. The number of fused-ring (bicyclic) bond motifs is 1. The Morgan fingerprint density at radius 3 is 2.58 bits per heavy atom. The molecule has 3 saturated heterocycles. The molecule has 0 aromatic carbocycles. The highest BCUT2D eigenvalue weighted by Gasteiger charge is 2.60. The van der Waals surface area contributed by atoms with Gasteiger partial charge in [-0.3, -0.25) is 9.59 Å². The van der Waals surface area contributed by atoms with Crippen LogP contribution in [0.2, 0.25) is 0 Å². The monoisotopic (exact) mass is 450 g/mol. The fraction of sp³-hybridized carbons (Fsp3) is 0.714. The molecular weight excluding hydrogens is 420 g/mol. The van der Waals surface area contributed by atoms with Gasteiger partial charge in [0.25, 0.3) is 0 Å². The molecule has 3 fully saturated rings. The van der Waals surface area contributed by atoms with Crippen LogP contribution in [0.15, 0.2) is 10.6 Å². The summed E-state index contributed by atoms with van der Waals surface area (Å²) in [5.41, 5.74) is 5.84. The van der Waals surface area contributed by atoms with Crippen molar-refractivity contribution in [3.05, 3.63) is 10.6 Å². The quantitative estimate of drug-likeness (QED) is 0.462. The second-order valence-corrected chi connectivity index (χ2v) is 10.7. The summed E-state index contributed by atoms with van der Waals surface area (Å²) in [4.78, 5) is 52.9. The summed E-state index contributed by atoms with van der Waals surface area (Å²) in [6, 6.07) is -0.444. The number of carbonyl (C=O) groups excluding carboxylic acids is 3. The van der Waals surface area contributed by atoms with Gasteiger partial charge in [0.2, 0.25) is 11.8 Å². The Kier molecular flexibility index (Phi) is 5.91. The van der Waals surface area contributed by atoms with Gasteiger partial charge in [-0.15, -0.1) is 11.8 Å². The number of Topliss-reactive ketones (excluding diaryl/α,β-unsaturated/α-hetero) is 1. The fourth-order valence-electron chi connectivity index (χ4n) is 5.42. The number of nitrogens with one attached hydrogen (secondary N) is 1. The minimum absolute atomic E-state index is 0.0290. The van der Waals surface area contributed by atoms with Crippen LogP contribution in [0.1, 0.15) is 33.6 Å². The maximum Gasteiger partial charge on any atom is 0.353 e. The number of rotatable bonds is 7. The molecule has 0 bridgehead atoms. The molecule has 0 saturated carbocycles. The number of aliphatic carboxylic acids is 1. The maximum absolute atomic E-state index is 12.8. The number of nitrogens with zero attached hydrogens (tertiary/aromatic N) is 2. The highest BCUT2D eigenvalue weighted by atomic mass is 32.2. The normalized spacial score (nSPS) is 33.8. The Morgan fingerprint density at radius 1 is 1.32 bits per heavy atom. The van der Waals surface area contributed by atoms with Crippen LogP contribution in [0.5, 0.6) is 0 Å². The SMILES string of the molecule is CC(=O)C[C@H](C)[C@H]1C(=O)N2C(C(=O)O)=C(S[C@@H]3CN[C@H](C(=O)N4CC(N)C4)C3)[C@H](C)C12. The molecule has 4 N–H and O–H groups in total. The Bertz CT molecular complexity index is 855. The first-order valence-electron chi connectivity index (χ1n) is 10.8. The maximum atomic E-state index is 12.8. The Morgan fingerprint density at radius 2 is 2.00 bits per heavy atom. The summed E-state index contributed by atoms with van der Waals surface area (Å²) < 4.78 is 0. The number of thioether (sulfide) groups is 1. The zero-order valence-electron chi connectivity index (χ0n) is 18.0. The van der Waals surface area contributed by atoms with Crippen molar-refractivity contribution >= 4 is 35.3 Å². The molecule has 170 valence electrons. The van der Waals surface area contributed by atoms with Crippen molar-refractivity contribution in [1.82, 2.24) is 15.1 Å². The van der Waals surface area contributed by atoms with E-state index in [1.165, 1.54) is 23.6 Å². The van der Waals surface area contributed by atoms with Gasteiger partial charge in [-0.1, -0.05) is 13.8 Å². The molecule has 0 radical (unpaired) electrons. The first-order chi connectivity index (χ1) is 14.6. The number of carboxylic acid groups (broad SMARTS) is 1. The molecule has 6 atom stereocenters. The first kappa shape index (κ1) is 22.3. The fourth-order valence-corrected chi connectivity index (χ4v) is 6.90. The second-order valence-electron chi connectivity index (χ2n) is 9.35. The zero-order valence-corrected chi connectivity index (χ0v) is 18.9. The van der Waals surface area contributed by atoms with E-state index in [1.807, 2.05) is 13.8 Å². The predicted molar refractivity (Wildman–Crippen MR) is 115 cm³/mol. The van der Waals surface area contributed by atoms with Crippen LogP contribution < -0.4 is 11.1 Å². The van der Waals surface area contributed by atoms with Gasteiger partial charge in [-0.05, 0) is 19.3 Å². The lowest BCUT2D eigenvalue weighted by molar-refractivity contribution is -0.160. The molecule has 10 heteroatoms. The van der Waals surface area contributed by atoms with Crippen molar-refractivity contribution < 1.29 is 24.3 Å². The number of carbonyl (C=O) groups is 4. The van der Waals surface area contributed by atoms with E-state index in [0.29, 0.717) is 37.4 Å². The number of hydrogen-bond donors (Lipinski definition) is 3. The molecule has 0 aromatic heterocycles. The van der Waals surface area contributed by atoms with Crippen molar-refractivity contribution in [2.45, 2.75) is 57.0 Å². The van der Waals surface area contributed by atoms with Crippen LogP contribution in [-0.2, 0) is 19.2 Å². The molecule has 2 amide bonds. The van der Waals surface area contributed by atoms with E-state index in [0.717, 1.165) is 0 Å². The van der Waals surface area contributed by atoms with Crippen molar-refractivity contribution in [3.8, 4) is 0 Å². The number of β-lactam (4-membered cyclic amide) rings is 1. The van der Waals surface area contributed by atoms with Gasteiger partial charge in [0.15, 0.2) is 0 Å². The minimum atomic E-state index is -1.10. The zero-order chi connectivity index (χ0) is 22.6. The van der Waals surface area contributed by atoms with Crippen LogP contribution in [0.25, 0.3) is 0 Å². The molecule has 9 nitrogen and oxygen atoms in total. The van der Waals surface area contributed by atoms with Gasteiger partial charge in [0.1, 0.15) is 11.5 Å². The number of amides is 2. The molecule has 4 rings (SSSR count). The number of carboxylic acids is 1. The molecular formula is C21H30N4O5S. The third-order valence-corrected chi connectivity index (χ3v) is 8.43. The molecule has 31 heavy (non-hydrogen) atoms. The Labute approximate surface area is 185 Å². The number of hydrogen-bond acceptors (Lipinski definition) is 7. The highest BCUT2D eigenvalue weighted by molar-refractivity contribution is 8.03. The number of nitrogens with two attached hydrogens (primary N) is 1. The molecule has 0 aliphatic carbocycles. The van der Waals surface area contributed by atoms with Gasteiger partial charge in [0.05, 0.1) is 18.0 Å². The highest BCUT2D eigenvalue weighted by Crippen LogP contribution is 2.53. The van der Waals surface area contributed by atoms with Crippen LogP contribution in [0.4, 0.5) is 0 Å². The van der Waals surface area contributed by atoms with E-state index in [1.54, 1.807) is 4.90 Å². The third kappa shape index (κ3) is 3.78. The third-order valence-electron chi connectivity index (χ3n) is 6.92. The van der Waals surface area contributed by atoms with E-state index in [9.17, 15) is 24.3 Å². The van der Waals surface area contributed by atoms with Crippen molar-refractivity contribution in [2.75, 3.05) is 19.6 Å². The van der Waals surface area contributed by atoms with Gasteiger partial charge < -0.3 is 30.8 Å². The topological polar surface area (TPSA) is 133 Å². The molecule has 0 aromatic rings. The van der Waals surface area contributed by atoms with E-state index in [4.69, 9.17) is 5.73 Å². The van der Waals surface area contributed by atoms with Gasteiger partial charge >= 0.3 is 5.97 Å². The Hall–Kier alpha value is -1.91. The summed E-state index contributed by atoms with van der Waals surface area (Å²) in [6.07, 6.45) is 0.927. The molecule has 4 aliphatic heterocycles. The van der Waals surface area contributed by atoms with Gasteiger partial charge in [-0.2, -0.15) is 0 Å². The second kappa shape index (κ2) is 8.22. The standard InChI is InChI=1S/C21H30N4O5S/c1-9(4-10(2)26)15-16-11(3)18(17(21(29)30)25(16)20(15)28)31-13-5-14(23-6-13)19(27)24-7-12(22)8-24/h9,11-16,23H,4-8,22H2,1-3H3,(H,29,30)/t9-,11+,13-,14-,15+,16?/m0/s1. The number of likely N-dealkylation sites (tertiary alicyclic amines) is 1.